The molecule has 1 aliphatic rings. The van der Waals surface area contributed by atoms with Crippen molar-refractivity contribution in [1.29, 1.82) is 0 Å². The van der Waals surface area contributed by atoms with Crippen LogP contribution in [0.15, 0.2) is 15.7 Å². The summed E-state index contributed by atoms with van der Waals surface area (Å²) in [5, 5.41) is 0.147. The Morgan fingerprint density at radius 1 is 1.59 bits per heavy atom. The van der Waals surface area contributed by atoms with Crippen LogP contribution in [-0.4, -0.2) is 32.0 Å². The number of Topliss-reactive ketones (excluding diaryl/α,β-unsaturated/α-hetero) is 1. The molecule has 0 aromatic carbocycles. The van der Waals surface area contributed by atoms with Crippen LogP contribution < -0.4 is 0 Å². The fourth-order valence-electron chi connectivity index (χ4n) is 1.68. The van der Waals surface area contributed by atoms with Gasteiger partial charge in [0.05, 0.1) is 6.61 Å². The number of fused-ring (bicyclic) bond motifs is 1. The third kappa shape index (κ3) is 1.89. The largest absolute Gasteiger partial charge is 0.465 e. The molecule has 0 saturated carbocycles. The van der Waals surface area contributed by atoms with Crippen LogP contribution in [0.2, 0.25) is 0 Å². The Morgan fingerprint density at radius 3 is 2.94 bits per heavy atom. The monoisotopic (exact) mass is 274 g/mol. The van der Waals surface area contributed by atoms with Crippen molar-refractivity contribution in [1.82, 2.24) is 0 Å². The van der Waals surface area contributed by atoms with E-state index in [1.165, 1.54) is 11.4 Å². The number of carbonyl (C=O) groups excluding carboxylic acids is 2. The number of esters is 1. The van der Waals surface area contributed by atoms with Gasteiger partial charge in [-0.1, -0.05) is 0 Å². The van der Waals surface area contributed by atoms with Crippen molar-refractivity contribution < 1.29 is 22.7 Å². The Morgan fingerprint density at radius 2 is 2.29 bits per heavy atom. The molecule has 1 aliphatic heterocycles. The third-order valence-corrected chi connectivity index (χ3v) is 6.02. The Labute approximate surface area is 102 Å². The number of thiophene rings is 1. The average molecular weight is 274 g/mol. The highest BCUT2D eigenvalue weighted by molar-refractivity contribution is 7.95. The van der Waals surface area contributed by atoms with E-state index >= 15 is 0 Å². The summed E-state index contributed by atoms with van der Waals surface area (Å²) in [6.07, 6.45) is -0.328. The minimum absolute atomic E-state index is 0.0215. The van der Waals surface area contributed by atoms with E-state index in [-0.39, 0.29) is 28.6 Å². The van der Waals surface area contributed by atoms with Crippen LogP contribution in [0.5, 0.6) is 0 Å². The number of ketones is 1. The van der Waals surface area contributed by atoms with Crippen molar-refractivity contribution in [3.8, 4) is 0 Å². The summed E-state index contributed by atoms with van der Waals surface area (Å²) >= 11 is 0.959. The molecule has 0 fully saturated rings. The summed E-state index contributed by atoms with van der Waals surface area (Å²) in [4.78, 5) is 23.2. The molecule has 0 spiro atoms. The second kappa shape index (κ2) is 4.23. The van der Waals surface area contributed by atoms with Gasteiger partial charge in [-0.3, -0.25) is 9.59 Å². The van der Waals surface area contributed by atoms with Crippen LogP contribution in [0.3, 0.4) is 0 Å². The maximum absolute atomic E-state index is 12.1. The van der Waals surface area contributed by atoms with Crippen LogP contribution in [0.25, 0.3) is 0 Å². The van der Waals surface area contributed by atoms with Crippen LogP contribution in [-0.2, 0) is 19.4 Å². The van der Waals surface area contributed by atoms with E-state index in [4.69, 9.17) is 4.74 Å². The topological polar surface area (TPSA) is 77.5 Å². The van der Waals surface area contributed by atoms with Crippen LogP contribution in [0, 0.1) is 0 Å². The van der Waals surface area contributed by atoms with Crippen molar-refractivity contribution in [2.75, 3.05) is 6.61 Å². The first-order valence-corrected chi connectivity index (χ1v) is 7.42. The molecule has 1 aromatic heterocycles. The Bertz CT molecular complexity index is 569. The fourth-order valence-corrected chi connectivity index (χ4v) is 4.81. The molecule has 17 heavy (non-hydrogen) atoms. The fraction of sp³-hybridized carbons (Fsp3) is 0.400. The zero-order valence-corrected chi connectivity index (χ0v) is 10.6. The highest BCUT2D eigenvalue weighted by Gasteiger charge is 2.44. The molecule has 0 aliphatic carbocycles. The standard InChI is InChI=1S/C10H10O5S2/c1-2-15-9(12)8-5-7(11)6-3-4-16-10(6)17(8,13)14/h3-4,8H,2,5H2,1H3. The Balaban J connectivity index is 2.48. The van der Waals surface area contributed by atoms with E-state index in [0.29, 0.717) is 0 Å². The van der Waals surface area contributed by atoms with E-state index in [0.717, 1.165) is 11.3 Å². The molecule has 92 valence electrons. The van der Waals surface area contributed by atoms with Gasteiger partial charge >= 0.3 is 5.97 Å². The Hall–Kier alpha value is -1.21. The summed E-state index contributed by atoms with van der Waals surface area (Å²) in [5.41, 5.74) is 0.190. The molecule has 2 rings (SSSR count). The lowest BCUT2D eigenvalue weighted by atomic mass is 10.1. The third-order valence-electron chi connectivity index (χ3n) is 2.48. The van der Waals surface area contributed by atoms with Crippen LogP contribution in [0.1, 0.15) is 23.7 Å². The quantitative estimate of drug-likeness (QED) is 0.753. The van der Waals surface area contributed by atoms with Gasteiger partial charge in [0.1, 0.15) is 4.21 Å². The maximum atomic E-state index is 12.1. The van der Waals surface area contributed by atoms with Gasteiger partial charge in [0.2, 0.25) is 9.84 Å². The van der Waals surface area contributed by atoms with Crippen molar-refractivity contribution >= 4 is 32.9 Å². The Kier molecular flexibility index (Phi) is 3.05. The number of ether oxygens (including phenoxy) is 1. The number of hydrogen-bond donors (Lipinski definition) is 0. The van der Waals surface area contributed by atoms with Crippen molar-refractivity contribution in [3.05, 3.63) is 17.0 Å². The minimum atomic E-state index is -3.77. The predicted octanol–water partition coefficient (Wildman–Crippen LogP) is 1.04. The van der Waals surface area contributed by atoms with Gasteiger partial charge in [-0.15, -0.1) is 11.3 Å². The van der Waals surface area contributed by atoms with Gasteiger partial charge < -0.3 is 4.74 Å². The first-order valence-electron chi connectivity index (χ1n) is 4.99. The second-order valence-corrected chi connectivity index (χ2v) is 6.78. The predicted molar refractivity (Wildman–Crippen MR) is 60.9 cm³/mol. The zero-order valence-electron chi connectivity index (χ0n) is 9.00. The van der Waals surface area contributed by atoms with E-state index in [1.807, 2.05) is 0 Å². The van der Waals surface area contributed by atoms with Gasteiger partial charge in [-0.25, -0.2) is 8.42 Å². The number of rotatable bonds is 2. The van der Waals surface area contributed by atoms with E-state index < -0.39 is 21.1 Å². The SMILES string of the molecule is CCOC(=O)C1CC(=O)c2ccsc2S1(=O)=O. The van der Waals surface area contributed by atoms with Crippen molar-refractivity contribution in [2.45, 2.75) is 22.8 Å². The molecule has 5 nitrogen and oxygen atoms in total. The smallest absolute Gasteiger partial charge is 0.325 e. The van der Waals surface area contributed by atoms with E-state index in [9.17, 15) is 18.0 Å². The first kappa shape index (κ1) is 12.3. The average Bonchev–Trinajstić information content (AvgIpc) is 2.74. The number of hydrogen-bond acceptors (Lipinski definition) is 6. The molecule has 7 heteroatoms. The molecule has 1 unspecified atom stereocenters. The van der Waals surface area contributed by atoms with Gasteiger partial charge in [-0.2, -0.15) is 0 Å². The molecule has 0 radical (unpaired) electrons. The molecule has 2 heterocycles. The zero-order chi connectivity index (χ0) is 12.6. The minimum Gasteiger partial charge on any atom is -0.465 e. The maximum Gasteiger partial charge on any atom is 0.325 e. The van der Waals surface area contributed by atoms with Gasteiger partial charge in [-0.05, 0) is 18.4 Å². The van der Waals surface area contributed by atoms with E-state index in [2.05, 4.69) is 0 Å². The molecule has 1 aromatic rings. The van der Waals surface area contributed by atoms with Gasteiger partial charge in [0.15, 0.2) is 11.0 Å². The summed E-state index contributed by atoms with van der Waals surface area (Å²) in [5.74, 6) is -1.17. The number of carbonyl (C=O) groups is 2. The summed E-state index contributed by atoms with van der Waals surface area (Å²) < 4.78 is 28.8. The molecule has 0 N–H and O–H groups in total. The summed E-state index contributed by atoms with van der Waals surface area (Å²) in [6.45, 7) is 1.68. The van der Waals surface area contributed by atoms with Crippen LogP contribution in [0.4, 0.5) is 0 Å². The molecular formula is C10H10O5S2. The molecule has 0 saturated heterocycles. The van der Waals surface area contributed by atoms with Gasteiger partial charge in [0.25, 0.3) is 0 Å². The molecule has 1 atom stereocenters. The highest BCUT2D eigenvalue weighted by atomic mass is 32.2. The molecule has 0 bridgehead atoms. The lowest BCUT2D eigenvalue weighted by Gasteiger charge is -2.19. The number of sulfone groups is 1. The van der Waals surface area contributed by atoms with E-state index in [1.54, 1.807) is 6.92 Å². The second-order valence-electron chi connectivity index (χ2n) is 3.53. The highest BCUT2D eigenvalue weighted by Crippen LogP contribution is 2.34. The normalized spacial score (nSPS) is 21.9. The lowest BCUT2D eigenvalue weighted by Crippen LogP contribution is -2.37. The summed E-state index contributed by atoms with van der Waals surface area (Å²) in [7, 11) is -3.77. The van der Waals surface area contributed by atoms with Crippen molar-refractivity contribution in [3.63, 3.8) is 0 Å². The van der Waals surface area contributed by atoms with Crippen LogP contribution >= 0.6 is 11.3 Å². The van der Waals surface area contributed by atoms with Gasteiger partial charge in [0, 0.05) is 12.0 Å². The first-order chi connectivity index (χ1) is 7.98. The lowest BCUT2D eigenvalue weighted by molar-refractivity contribution is -0.142. The summed E-state index contributed by atoms with van der Waals surface area (Å²) in [6, 6.07) is 1.47. The van der Waals surface area contributed by atoms with Crippen molar-refractivity contribution in [2.24, 2.45) is 0 Å². The molecular weight excluding hydrogens is 264 g/mol. The molecule has 0 amide bonds.